The van der Waals surface area contributed by atoms with Crippen molar-refractivity contribution in [2.45, 2.75) is 6.10 Å². The normalized spacial score (nSPS) is 8.57. The molecule has 0 aliphatic heterocycles. The molecule has 3 N–H and O–H groups in total. The van der Waals surface area contributed by atoms with Gasteiger partial charge in [-0.3, -0.25) is 0 Å². The van der Waals surface area contributed by atoms with Gasteiger partial charge in [-0.15, -0.1) is 0 Å². The smallest absolute Gasteiger partial charge is 0.100 e. The Morgan fingerprint density at radius 1 is 1.14 bits per heavy atom. The van der Waals surface area contributed by atoms with Gasteiger partial charge < -0.3 is 15.3 Å². The van der Waals surface area contributed by atoms with Gasteiger partial charge in [0.25, 0.3) is 0 Å². The summed E-state index contributed by atoms with van der Waals surface area (Å²) >= 11 is 0. The number of aliphatic hydroxyl groups excluding tert-OH is 3. The Bertz CT molecular complexity index is 29.4. The van der Waals surface area contributed by atoms with Crippen LogP contribution >= 0.6 is 0 Å². The summed E-state index contributed by atoms with van der Waals surface area (Å²) < 4.78 is 0. The second kappa shape index (κ2) is 6.39. The standard InChI is InChI=1S/C3H8O3.Co/c4-1-3(6)2-5;/h3-6H,1-2H2;. The summed E-state index contributed by atoms with van der Waals surface area (Å²) in [5.74, 6) is 0. The molecule has 0 saturated carbocycles. The quantitative estimate of drug-likeness (QED) is 0.442. The molecular formula is C3H8CoO3. The topological polar surface area (TPSA) is 60.7 Å². The van der Waals surface area contributed by atoms with Crippen LogP contribution in [0, 0.1) is 0 Å². The predicted octanol–water partition coefficient (Wildman–Crippen LogP) is -1.67. The molecule has 0 unspecified atom stereocenters. The molecule has 0 saturated heterocycles. The van der Waals surface area contributed by atoms with E-state index in [0.717, 1.165) is 0 Å². The molecule has 0 spiro atoms. The first-order valence-corrected chi connectivity index (χ1v) is 1.71. The van der Waals surface area contributed by atoms with Crippen molar-refractivity contribution in [2.24, 2.45) is 0 Å². The van der Waals surface area contributed by atoms with E-state index in [2.05, 4.69) is 0 Å². The van der Waals surface area contributed by atoms with Crippen LogP contribution in [-0.4, -0.2) is 34.6 Å². The van der Waals surface area contributed by atoms with Crippen LogP contribution in [0.2, 0.25) is 0 Å². The van der Waals surface area contributed by atoms with Crippen molar-refractivity contribution < 1.29 is 32.1 Å². The average Bonchev–Trinajstić information content (AvgIpc) is 1.65. The van der Waals surface area contributed by atoms with Gasteiger partial charge in [0.1, 0.15) is 6.10 Å². The zero-order chi connectivity index (χ0) is 4.99. The molecule has 4 heteroatoms. The predicted molar refractivity (Wildman–Crippen MR) is 20.2 cm³/mol. The summed E-state index contributed by atoms with van der Waals surface area (Å²) in [5.41, 5.74) is 0. The van der Waals surface area contributed by atoms with E-state index in [1.165, 1.54) is 0 Å². The summed E-state index contributed by atoms with van der Waals surface area (Å²) in [6, 6.07) is 0. The Hall–Kier alpha value is 0.386. The van der Waals surface area contributed by atoms with Crippen LogP contribution in [0.5, 0.6) is 0 Å². The van der Waals surface area contributed by atoms with Crippen molar-refractivity contribution in [1.29, 1.82) is 0 Å². The van der Waals surface area contributed by atoms with Crippen LogP contribution in [0.1, 0.15) is 0 Å². The number of aliphatic hydroxyl groups is 3. The summed E-state index contributed by atoms with van der Waals surface area (Å²) in [4.78, 5) is 0. The summed E-state index contributed by atoms with van der Waals surface area (Å²) in [5, 5.41) is 24.0. The van der Waals surface area contributed by atoms with Crippen LogP contribution in [0.15, 0.2) is 0 Å². The molecule has 0 atom stereocenters. The Morgan fingerprint density at radius 2 is 1.43 bits per heavy atom. The molecule has 0 aliphatic rings. The van der Waals surface area contributed by atoms with Gasteiger partial charge in [-0.1, -0.05) is 0 Å². The number of hydrogen-bond acceptors (Lipinski definition) is 3. The second-order valence-corrected chi connectivity index (χ2v) is 1.02. The monoisotopic (exact) mass is 151 g/mol. The SMILES string of the molecule is OCC(O)CO.[Co]. The van der Waals surface area contributed by atoms with E-state index in [4.69, 9.17) is 15.3 Å². The Labute approximate surface area is 52.2 Å². The number of hydrogen-bond donors (Lipinski definition) is 3. The van der Waals surface area contributed by atoms with Crippen molar-refractivity contribution >= 4 is 0 Å². The average molecular weight is 151 g/mol. The minimum atomic E-state index is -0.954. The van der Waals surface area contributed by atoms with Crippen LogP contribution in [0.4, 0.5) is 0 Å². The fourth-order valence-corrected chi connectivity index (χ4v) is 0.0577. The van der Waals surface area contributed by atoms with Crippen molar-refractivity contribution in [1.82, 2.24) is 0 Å². The molecule has 3 nitrogen and oxygen atoms in total. The van der Waals surface area contributed by atoms with Crippen molar-refractivity contribution in [2.75, 3.05) is 13.2 Å². The van der Waals surface area contributed by atoms with E-state index in [1.807, 2.05) is 0 Å². The maximum absolute atomic E-state index is 8.17. The third-order valence-electron chi connectivity index (χ3n) is 0.421. The van der Waals surface area contributed by atoms with Gasteiger partial charge in [-0.05, 0) is 0 Å². The molecule has 47 valence electrons. The van der Waals surface area contributed by atoms with Crippen LogP contribution in [-0.2, 0) is 16.8 Å². The van der Waals surface area contributed by atoms with Crippen molar-refractivity contribution in [3.8, 4) is 0 Å². The summed E-state index contributed by atoms with van der Waals surface area (Å²) in [6.45, 7) is -0.729. The fourth-order valence-electron chi connectivity index (χ4n) is 0.0577. The second-order valence-electron chi connectivity index (χ2n) is 1.02. The molecule has 0 fully saturated rings. The zero-order valence-corrected chi connectivity index (χ0v) is 4.71. The third kappa shape index (κ3) is 6.39. The van der Waals surface area contributed by atoms with E-state index in [-0.39, 0.29) is 30.0 Å². The molecule has 0 aliphatic carbocycles. The van der Waals surface area contributed by atoms with E-state index >= 15 is 0 Å². The van der Waals surface area contributed by atoms with E-state index < -0.39 is 6.10 Å². The molecule has 0 rings (SSSR count). The molecule has 0 aromatic carbocycles. The Kier molecular flexibility index (Phi) is 9.47. The number of rotatable bonds is 2. The van der Waals surface area contributed by atoms with Crippen LogP contribution in [0.25, 0.3) is 0 Å². The minimum absolute atomic E-state index is 0. The molecule has 0 aromatic rings. The van der Waals surface area contributed by atoms with Crippen molar-refractivity contribution in [3.05, 3.63) is 0 Å². The van der Waals surface area contributed by atoms with Gasteiger partial charge in [0.05, 0.1) is 13.2 Å². The minimum Gasteiger partial charge on any atom is -0.394 e. The maximum Gasteiger partial charge on any atom is 0.100 e. The van der Waals surface area contributed by atoms with E-state index in [9.17, 15) is 0 Å². The van der Waals surface area contributed by atoms with E-state index in [1.54, 1.807) is 0 Å². The molecule has 0 heterocycles. The largest absolute Gasteiger partial charge is 0.394 e. The zero-order valence-electron chi connectivity index (χ0n) is 3.67. The molecule has 0 amide bonds. The fraction of sp³-hybridized carbons (Fsp3) is 1.00. The molecule has 1 radical (unpaired) electrons. The molecular weight excluding hydrogens is 143 g/mol. The first-order valence-electron chi connectivity index (χ1n) is 1.71. The van der Waals surface area contributed by atoms with Gasteiger partial charge in [0, 0.05) is 16.8 Å². The molecule has 7 heavy (non-hydrogen) atoms. The van der Waals surface area contributed by atoms with E-state index in [0.29, 0.717) is 0 Å². The maximum atomic E-state index is 8.17. The van der Waals surface area contributed by atoms with Gasteiger partial charge in [0.2, 0.25) is 0 Å². The third-order valence-corrected chi connectivity index (χ3v) is 0.421. The molecule has 0 aromatic heterocycles. The summed E-state index contributed by atoms with van der Waals surface area (Å²) in [6.07, 6.45) is -0.954. The van der Waals surface area contributed by atoms with Gasteiger partial charge in [0.15, 0.2) is 0 Å². The Balaban J connectivity index is 0. The van der Waals surface area contributed by atoms with Gasteiger partial charge in [-0.25, -0.2) is 0 Å². The van der Waals surface area contributed by atoms with Crippen molar-refractivity contribution in [3.63, 3.8) is 0 Å². The van der Waals surface area contributed by atoms with Crippen LogP contribution in [0.3, 0.4) is 0 Å². The van der Waals surface area contributed by atoms with Gasteiger partial charge >= 0.3 is 0 Å². The van der Waals surface area contributed by atoms with Gasteiger partial charge in [-0.2, -0.15) is 0 Å². The first-order chi connectivity index (χ1) is 2.81. The Morgan fingerprint density at radius 3 is 1.43 bits per heavy atom. The van der Waals surface area contributed by atoms with Crippen LogP contribution < -0.4 is 0 Å². The molecule has 0 bridgehead atoms. The summed E-state index contributed by atoms with van der Waals surface area (Å²) in [7, 11) is 0. The first kappa shape index (κ1) is 10.4.